The van der Waals surface area contributed by atoms with Crippen molar-refractivity contribution >= 4 is 11.8 Å². The highest BCUT2D eigenvalue weighted by Crippen LogP contribution is 2.41. The third-order valence-corrected chi connectivity index (χ3v) is 2.84. The van der Waals surface area contributed by atoms with E-state index >= 15 is 0 Å². The van der Waals surface area contributed by atoms with Gasteiger partial charge in [-0.3, -0.25) is 5.32 Å². The summed E-state index contributed by atoms with van der Waals surface area (Å²) in [6.45, 7) is 6.08. The number of nitrogens with one attached hydrogen (secondary N) is 1. The largest absolute Gasteiger partial charge is 0.493 e. The van der Waals surface area contributed by atoms with E-state index < -0.39 is 11.7 Å². The molecule has 0 bridgehead atoms. The minimum Gasteiger partial charge on any atom is -0.493 e. The van der Waals surface area contributed by atoms with Crippen LogP contribution in [0.3, 0.4) is 0 Å². The molecule has 1 aromatic rings. The summed E-state index contributed by atoms with van der Waals surface area (Å²) in [6, 6.07) is 3.65. The van der Waals surface area contributed by atoms with E-state index in [9.17, 15) is 4.79 Å². The Morgan fingerprint density at radius 2 is 1.95 bits per heavy atom. The molecule has 0 aromatic heterocycles. The SMILES string of the molecule is COc1cc([C@H]2CO2)cc(NC(=O)OC(C)(C)C)c1OC. The van der Waals surface area contributed by atoms with Gasteiger partial charge in [0.05, 0.1) is 26.5 Å². The number of carbonyl (C=O) groups excluding carboxylic acids is 1. The minimum absolute atomic E-state index is 0.0454. The molecule has 1 atom stereocenters. The molecule has 0 saturated carbocycles. The molecule has 1 aromatic carbocycles. The molecular formula is C15H21NO5. The first kappa shape index (κ1) is 15.4. The molecule has 1 heterocycles. The first-order valence-corrected chi connectivity index (χ1v) is 6.71. The van der Waals surface area contributed by atoms with Gasteiger partial charge < -0.3 is 18.9 Å². The van der Waals surface area contributed by atoms with Crippen molar-refractivity contribution in [3.63, 3.8) is 0 Å². The number of rotatable bonds is 4. The summed E-state index contributed by atoms with van der Waals surface area (Å²) in [4.78, 5) is 11.9. The van der Waals surface area contributed by atoms with Gasteiger partial charge in [0.1, 0.15) is 11.7 Å². The van der Waals surface area contributed by atoms with Crippen molar-refractivity contribution in [3.8, 4) is 11.5 Å². The van der Waals surface area contributed by atoms with Crippen molar-refractivity contribution in [2.24, 2.45) is 0 Å². The van der Waals surface area contributed by atoms with Crippen molar-refractivity contribution in [1.82, 2.24) is 0 Å². The summed E-state index contributed by atoms with van der Waals surface area (Å²) < 4.78 is 21.1. The average Bonchev–Trinajstić information content (AvgIpc) is 3.19. The van der Waals surface area contributed by atoms with Gasteiger partial charge in [-0.2, -0.15) is 0 Å². The molecule has 1 aliphatic heterocycles. The van der Waals surface area contributed by atoms with Crippen LogP contribution in [0.5, 0.6) is 11.5 Å². The van der Waals surface area contributed by atoms with Crippen molar-refractivity contribution in [3.05, 3.63) is 17.7 Å². The van der Waals surface area contributed by atoms with E-state index in [1.165, 1.54) is 7.11 Å². The van der Waals surface area contributed by atoms with Crippen molar-refractivity contribution in [2.45, 2.75) is 32.5 Å². The topological polar surface area (TPSA) is 69.3 Å². The molecular weight excluding hydrogens is 274 g/mol. The van der Waals surface area contributed by atoms with Crippen LogP contribution in [-0.4, -0.2) is 32.5 Å². The molecule has 0 unspecified atom stereocenters. The highest BCUT2D eigenvalue weighted by molar-refractivity contribution is 5.88. The summed E-state index contributed by atoms with van der Waals surface area (Å²) in [5, 5.41) is 2.69. The Morgan fingerprint density at radius 1 is 1.29 bits per heavy atom. The maximum Gasteiger partial charge on any atom is 0.412 e. The molecule has 0 spiro atoms. The number of hydrogen-bond acceptors (Lipinski definition) is 5. The highest BCUT2D eigenvalue weighted by Gasteiger charge is 2.28. The molecule has 6 heteroatoms. The van der Waals surface area contributed by atoms with Gasteiger partial charge in [0.25, 0.3) is 0 Å². The molecule has 1 saturated heterocycles. The Labute approximate surface area is 124 Å². The number of benzene rings is 1. The maximum atomic E-state index is 11.9. The number of hydrogen-bond donors (Lipinski definition) is 1. The molecule has 1 N–H and O–H groups in total. The Balaban J connectivity index is 2.27. The zero-order valence-corrected chi connectivity index (χ0v) is 13.0. The smallest absolute Gasteiger partial charge is 0.412 e. The molecule has 1 fully saturated rings. The fraction of sp³-hybridized carbons (Fsp3) is 0.533. The molecule has 1 aliphatic rings. The predicted octanol–water partition coefficient (Wildman–Crippen LogP) is 3.12. The monoisotopic (exact) mass is 295 g/mol. The zero-order chi connectivity index (χ0) is 15.6. The lowest BCUT2D eigenvalue weighted by Gasteiger charge is -2.21. The van der Waals surface area contributed by atoms with Crippen molar-refractivity contribution < 1.29 is 23.7 Å². The summed E-state index contributed by atoms with van der Waals surface area (Å²) in [5.41, 5.74) is 0.855. The molecule has 116 valence electrons. The van der Waals surface area contributed by atoms with Gasteiger partial charge in [0.2, 0.25) is 0 Å². The van der Waals surface area contributed by atoms with E-state index in [1.54, 1.807) is 27.9 Å². The van der Waals surface area contributed by atoms with Gasteiger partial charge in [-0.1, -0.05) is 0 Å². The molecule has 6 nitrogen and oxygen atoms in total. The van der Waals surface area contributed by atoms with Gasteiger partial charge in [0, 0.05) is 0 Å². The van der Waals surface area contributed by atoms with E-state index in [0.717, 1.165) is 5.56 Å². The van der Waals surface area contributed by atoms with Crippen LogP contribution in [0.4, 0.5) is 10.5 Å². The Bertz CT molecular complexity index is 532. The summed E-state index contributed by atoms with van der Waals surface area (Å²) in [5.74, 6) is 0.990. The lowest BCUT2D eigenvalue weighted by Crippen LogP contribution is -2.27. The van der Waals surface area contributed by atoms with Gasteiger partial charge in [-0.25, -0.2) is 4.79 Å². The quantitative estimate of drug-likeness (QED) is 0.864. The zero-order valence-electron chi connectivity index (χ0n) is 13.0. The second kappa shape index (κ2) is 5.81. The van der Waals surface area contributed by atoms with Gasteiger partial charge >= 0.3 is 6.09 Å². The molecule has 0 radical (unpaired) electrons. The molecule has 21 heavy (non-hydrogen) atoms. The number of ether oxygens (including phenoxy) is 4. The third kappa shape index (κ3) is 4.01. The van der Waals surface area contributed by atoms with E-state index in [2.05, 4.69) is 5.32 Å². The summed E-state index contributed by atoms with van der Waals surface area (Å²) >= 11 is 0. The van der Waals surface area contributed by atoms with Crippen LogP contribution in [0.25, 0.3) is 0 Å². The maximum absolute atomic E-state index is 11.9. The first-order valence-electron chi connectivity index (χ1n) is 6.71. The van der Waals surface area contributed by atoms with Crippen LogP contribution in [0.15, 0.2) is 12.1 Å². The van der Waals surface area contributed by atoms with Gasteiger partial charge in [-0.05, 0) is 38.5 Å². The molecule has 0 aliphatic carbocycles. The molecule has 1 amide bonds. The fourth-order valence-electron chi connectivity index (χ4n) is 1.92. The average molecular weight is 295 g/mol. The Kier molecular flexibility index (Phi) is 4.27. The first-order chi connectivity index (χ1) is 9.84. The van der Waals surface area contributed by atoms with E-state index in [0.29, 0.717) is 23.8 Å². The van der Waals surface area contributed by atoms with Crippen LogP contribution in [0, 0.1) is 0 Å². The highest BCUT2D eigenvalue weighted by atomic mass is 16.6. The van der Waals surface area contributed by atoms with E-state index in [-0.39, 0.29) is 6.10 Å². The van der Waals surface area contributed by atoms with Crippen LogP contribution < -0.4 is 14.8 Å². The third-order valence-electron chi connectivity index (χ3n) is 2.84. The number of epoxide rings is 1. The second-order valence-corrected chi connectivity index (χ2v) is 5.75. The van der Waals surface area contributed by atoms with E-state index in [4.69, 9.17) is 18.9 Å². The van der Waals surface area contributed by atoms with Crippen molar-refractivity contribution in [2.75, 3.05) is 26.1 Å². The van der Waals surface area contributed by atoms with E-state index in [1.807, 2.05) is 12.1 Å². The fourth-order valence-corrected chi connectivity index (χ4v) is 1.92. The summed E-state index contributed by atoms with van der Waals surface area (Å²) in [7, 11) is 3.07. The lowest BCUT2D eigenvalue weighted by atomic mass is 10.1. The normalized spacial score (nSPS) is 17.1. The number of carbonyl (C=O) groups is 1. The minimum atomic E-state index is -0.571. The van der Waals surface area contributed by atoms with Crippen LogP contribution >= 0.6 is 0 Å². The Morgan fingerprint density at radius 3 is 2.43 bits per heavy atom. The number of amides is 1. The number of methoxy groups -OCH3 is 2. The van der Waals surface area contributed by atoms with Crippen molar-refractivity contribution in [1.29, 1.82) is 0 Å². The Hall–Kier alpha value is -1.95. The predicted molar refractivity (Wildman–Crippen MR) is 78.1 cm³/mol. The van der Waals surface area contributed by atoms with Crippen LogP contribution in [0.2, 0.25) is 0 Å². The van der Waals surface area contributed by atoms with Crippen LogP contribution in [0.1, 0.15) is 32.4 Å². The van der Waals surface area contributed by atoms with Gasteiger partial charge in [-0.15, -0.1) is 0 Å². The van der Waals surface area contributed by atoms with Gasteiger partial charge in [0.15, 0.2) is 11.5 Å². The molecule has 2 rings (SSSR count). The lowest BCUT2D eigenvalue weighted by molar-refractivity contribution is 0.0635. The van der Waals surface area contributed by atoms with Crippen LogP contribution in [-0.2, 0) is 9.47 Å². The standard InChI is InChI=1S/C15H21NO5/c1-15(2,3)21-14(17)16-10-6-9(12-8-20-12)7-11(18-4)13(10)19-5/h6-7,12H,8H2,1-5H3,(H,16,17)/t12-/m1/s1. The summed E-state index contributed by atoms with van der Waals surface area (Å²) in [6.07, 6.45) is -0.499. The number of anilines is 1. The second-order valence-electron chi connectivity index (χ2n) is 5.75.